The summed E-state index contributed by atoms with van der Waals surface area (Å²) in [5.74, 6) is 1.78. The molecular formula is C18H30NO2+. The number of hydrogen-bond donors (Lipinski definition) is 2. The lowest BCUT2D eigenvalue weighted by atomic mass is 9.99. The number of nitrogens with one attached hydrogen (secondary N) is 1. The molecule has 2 rings (SSSR count). The third-order valence-corrected chi connectivity index (χ3v) is 4.53. The lowest BCUT2D eigenvalue weighted by Gasteiger charge is -2.29. The van der Waals surface area contributed by atoms with Crippen LogP contribution in [0.4, 0.5) is 0 Å². The maximum Gasteiger partial charge on any atom is 0.137 e. The van der Waals surface area contributed by atoms with Crippen LogP contribution in [0.3, 0.4) is 0 Å². The van der Waals surface area contributed by atoms with Gasteiger partial charge in [-0.15, -0.1) is 0 Å². The number of aryl methyl sites for hydroxylation is 3. The molecule has 1 aromatic carbocycles. The minimum atomic E-state index is -0.381. The van der Waals surface area contributed by atoms with E-state index in [1.807, 2.05) is 0 Å². The van der Waals surface area contributed by atoms with Gasteiger partial charge in [-0.05, 0) is 50.7 Å². The van der Waals surface area contributed by atoms with Gasteiger partial charge in [0, 0.05) is 0 Å². The number of likely N-dealkylation sites (tertiary alicyclic amines) is 1. The van der Waals surface area contributed by atoms with Crippen LogP contribution in [-0.4, -0.2) is 37.5 Å². The van der Waals surface area contributed by atoms with E-state index >= 15 is 0 Å². The van der Waals surface area contributed by atoms with Gasteiger partial charge in [0.25, 0.3) is 0 Å². The second-order valence-electron chi connectivity index (χ2n) is 6.83. The molecule has 0 bridgehead atoms. The summed E-state index contributed by atoms with van der Waals surface area (Å²) in [6.07, 6.45) is 2.17. The molecule has 0 amide bonds. The molecule has 3 nitrogen and oxygen atoms in total. The third kappa shape index (κ3) is 4.72. The van der Waals surface area contributed by atoms with E-state index in [-0.39, 0.29) is 6.10 Å². The van der Waals surface area contributed by atoms with Crippen molar-refractivity contribution in [1.29, 1.82) is 0 Å². The van der Waals surface area contributed by atoms with Gasteiger partial charge >= 0.3 is 0 Å². The molecule has 21 heavy (non-hydrogen) atoms. The third-order valence-electron chi connectivity index (χ3n) is 4.53. The van der Waals surface area contributed by atoms with Gasteiger partial charge in [-0.25, -0.2) is 0 Å². The molecule has 1 aliphatic heterocycles. The molecule has 2 N–H and O–H groups in total. The normalized spacial score (nSPS) is 23.9. The van der Waals surface area contributed by atoms with Gasteiger partial charge in [-0.2, -0.15) is 0 Å². The number of hydrogen-bond acceptors (Lipinski definition) is 2. The molecule has 1 saturated heterocycles. The second kappa shape index (κ2) is 7.28. The Balaban J connectivity index is 1.83. The Morgan fingerprint density at radius 3 is 2.33 bits per heavy atom. The SMILES string of the molecule is Cc1cc(C)c(OC[C@@H](O)C[NH+]2CCC(C)CC2)c(C)c1. The summed E-state index contributed by atoms with van der Waals surface area (Å²) in [6, 6.07) is 4.26. The van der Waals surface area contributed by atoms with Gasteiger partial charge in [0.2, 0.25) is 0 Å². The van der Waals surface area contributed by atoms with E-state index in [4.69, 9.17) is 4.74 Å². The average Bonchev–Trinajstić information content (AvgIpc) is 2.40. The van der Waals surface area contributed by atoms with Crippen LogP contribution in [0.5, 0.6) is 5.75 Å². The van der Waals surface area contributed by atoms with Crippen molar-refractivity contribution in [3.8, 4) is 5.75 Å². The largest absolute Gasteiger partial charge is 0.490 e. The number of rotatable bonds is 5. The van der Waals surface area contributed by atoms with Crippen LogP contribution >= 0.6 is 0 Å². The second-order valence-corrected chi connectivity index (χ2v) is 6.83. The van der Waals surface area contributed by atoms with Gasteiger partial charge in [0.15, 0.2) is 0 Å². The Hall–Kier alpha value is -1.06. The highest BCUT2D eigenvalue weighted by Crippen LogP contribution is 2.24. The van der Waals surface area contributed by atoms with Crippen molar-refractivity contribution in [2.45, 2.75) is 46.6 Å². The van der Waals surface area contributed by atoms with E-state index in [9.17, 15) is 5.11 Å². The minimum Gasteiger partial charge on any atom is -0.490 e. The fourth-order valence-electron chi connectivity index (χ4n) is 3.34. The summed E-state index contributed by atoms with van der Waals surface area (Å²) in [5, 5.41) is 10.2. The fraction of sp³-hybridized carbons (Fsp3) is 0.667. The molecule has 1 aliphatic rings. The van der Waals surface area contributed by atoms with Gasteiger partial charge in [-0.3, -0.25) is 0 Å². The summed E-state index contributed by atoms with van der Waals surface area (Å²) in [5.41, 5.74) is 3.56. The predicted octanol–water partition coefficient (Wildman–Crippen LogP) is 1.67. The van der Waals surface area contributed by atoms with Crippen LogP contribution < -0.4 is 9.64 Å². The van der Waals surface area contributed by atoms with Crippen molar-refractivity contribution in [2.24, 2.45) is 5.92 Å². The first-order chi connectivity index (χ1) is 9.95. The van der Waals surface area contributed by atoms with Crippen LogP contribution in [0, 0.1) is 26.7 Å². The molecule has 3 heteroatoms. The Morgan fingerprint density at radius 2 is 1.76 bits per heavy atom. The van der Waals surface area contributed by atoms with E-state index < -0.39 is 0 Å². The summed E-state index contributed by atoms with van der Waals surface area (Å²) < 4.78 is 5.88. The van der Waals surface area contributed by atoms with Crippen LogP contribution in [0.25, 0.3) is 0 Å². The number of piperidine rings is 1. The number of aliphatic hydroxyl groups excluding tert-OH is 1. The monoisotopic (exact) mass is 292 g/mol. The van der Waals surface area contributed by atoms with Crippen LogP contribution in [0.2, 0.25) is 0 Å². The van der Waals surface area contributed by atoms with Crippen molar-refractivity contribution in [2.75, 3.05) is 26.2 Å². The number of aliphatic hydroxyl groups is 1. The van der Waals surface area contributed by atoms with E-state index in [0.29, 0.717) is 6.61 Å². The zero-order chi connectivity index (χ0) is 15.4. The predicted molar refractivity (Wildman–Crippen MR) is 86.1 cm³/mol. The standard InChI is InChI=1S/C18H29NO2/c1-13-5-7-19(8-6-13)11-17(20)12-21-18-15(3)9-14(2)10-16(18)4/h9-10,13,17,20H,5-8,11-12H2,1-4H3/p+1/t17-/m0/s1. The van der Waals surface area contributed by atoms with Crippen molar-refractivity contribution >= 4 is 0 Å². The topological polar surface area (TPSA) is 33.9 Å². The Morgan fingerprint density at radius 1 is 1.19 bits per heavy atom. The molecule has 1 atom stereocenters. The highest BCUT2D eigenvalue weighted by Gasteiger charge is 2.22. The molecule has 0 unspecified atom stereocenters. The molecule has 0 spiro atoms. The maximum absolute atomic E-state index is 10.2. The number of ether oxygens (including phenoxy) is 1. The zero-order valence-electron chi connectivity index (χ0n) is 13.9. The summed E-state index contributed by atoms with van der Waals surface area (Å²) in [4.78, 5) is 1.52. The Kier molecular flexibility index (Phi) is 5.65. The van der Waals surface area contributed by atoms with Crippen molar-refractivity contribution in [1.82, 2.24) is 0 Å². The summed E-state index contributed by atoms with van der Waals surface area (Å²) in [7, 11) is 0. The average molecular weight is 292 g/mol. The van der Waals surface area contributed by atoms with E-state index in [2.05, 4.69) is 39.8 Å². The molecule has 0 saturated carbocycles. The van der Waals surface area contributed by atoms with E-state index in [1.165, 1.54) is 36.4 Å². The molecule has 118 valence electrons. The highest BCUT2D eigenvalue weighted by atomic mass is 16.5. The van der Waals surface area contributed by atoms with Crippen LogP contribution in [0.15, 0.2) is 12.1 Å². The Labute approximate surface area is 128 Å². The molecule has 0 aliphatic carbocycles. The van der Waals surface area contributed by atoms with Crippen molar-refractivity contribution < 1.29 is 14.7 Å². The first-order valence-electron chi connectivity index (χ1n) is 8.18. The van der Waals surface area contributed by atoms with Crippen molar-refractivity contribution in [3.63, 3.8) is 0 Å². The van der Waals surface area contributed by atoms with Gasteiger partial charge in [-0.1, -0.05) is 24.6 Å². The smallest absolute Gasteiger partial charge is 0.137 e. The molecule has 1 fully saturated rings. The molecular weight excluding hydrogens is 262 g/mol. The summed E-state index contributed by atoms with van der Waals surface area (Å²) in [6.45, 7) is 12.1. The first kappa shape index (κ1) is 16.3. The Bertz CT molecular complexity index is 441. The summed E-state index contributed by atoms with van der Waals surface area (Å²) >= 11 is 0. The highest BCUT2D eigenvalue weighted by molar-refractivity contribution is 5.42. The van der Waals surface area contributed by atoms with Gasteiger partial charge in [0.05, 0.1) is 13.1 Å². The first-order valence-corrected chi connectivity index (χ1v) is 8.18. The lowest BCUT2D eigenvalue weighted by Crippen LogP contribution is -3.14. The minimum absolute atomic E-state index is 0.381. The molecule has 1 heterocycles. The van der Waals surface area contributed by atoms with Gasteiger partial charge < -0.3 is 14.7 Å². The van der Waals surface area contributed by atoms with Crippen LogP contribution in [-0.2, 0) is 0 Å². The van der Waals surface area contributed by atoms with E-state index in [1.54, 1.807) is 0 Å². The molecule has 1 aromatic rings. The zero-order valence-corrected chi connectivity index (χ0v) is 13.9. The lowest BCUT2D eigenvalue weighted by molar-refractivity contribution is -0.909. The van der Waals surface area contributed by atoms with Crippen LogP contribution in [0.1, 0.15) is 36.5 Å². The van der Waals surface area contributed by atoms with Crippen molar-refractivity contribution in [3.05, 3.63) is 28.8 Å². The fourth-order valence-corrected chi connectivity index (χ4v) is 3.34. The maximum atomic E-state index is 10.2. The van der Waals surface area contributed by atoms with Gasteiger partial charge in [0.1, 0.15) is 25.0 Å². The number of benzene rings is 1. The van der Waals surface area contributed by atoms with E-state index in [0.717, 1.165) is 29.3 Å². The molecule has 0 radical (unpaired) electrons. The quantitative estimate of drug-likeness (QED) is 0.865. The molecule has 0 aromatic heterocycles. The number of quaternary nitrogens is 1.